The van der Waals surface area contributed by atoms with Crippen molar-refractivity contribution in [2.45, 2.75) is 27.7 Å². The quantitative estimate of drug-likeness (QED) is 0.653. The lowest BCUT2D eigenvalue weighted by atomic mass is 9.94. The van der Waals surface area contributed by atoms with Crippen molar-refractivity contribution in [1.82, 2.24) is 0 Å². The molecule has 0 saturated carbocycles. The number of benzene rings is 2. The van der Waals surface area contributed by atoms with E-state index < -0.39 is 0 Å². The molecule has 0 aliphatic heterocycles. The summed E-state index contributed by atoms with van der Waals surface area (Å²) in [4.78, 5) is 0. The molecule has 0 bridgehead atoms. The van der Waals surface area contributed by atoms with E-state index in [1.807, 2.05) is 0 Å². The summed E-state index contributed by atoms with van der Waals surface area (Å²) in [6.45, 7) is 8.54. The third kappa shape index (κ3) is 2.01. The van der Waals surface area contributed by atoms with Gasteiger partial charge in [-0.3, -0.25) is 0 Å². The first-order chi connectivity index (χ1) is 7.58. The lowest BCUT2D eigenvalue weighted by molar-refractivity contribution is 1.34. The second-order valence-corrected chi connectivity index (χ2v) is 4.53. The van der Waals surface area contributed by atoms with E-state index in [0.717, 1.165) is 0 Å². The van der Waals surface area contributed by atoms with E-state index in [2.05, 4.69) is 64.1 Å². The largest absolute Gasteiger partial charge is 0.0590 e. The van der Waals surface area contributed by atoms with Crippen molar-refractivity contribution in [2.24, 2.45) is 0 Å². The Balaban J connectivity index is 2.66. The maximum Gasteiger partial charge on any atom is -0.0149 e. The molecule has 1 radical (unpaired) electrons. The summed E-state index contributed by atoms with van der Waals surface area (Å²) >= 11 is 0. The van der Waals surface area contributed by atoms with Crippen LogP contribution in [0.3, 0.4) is 0 Å². The molecule has 0 heteroatoms. The van der Waals surface area contributed by atoms with Crippen LogP contribution in [0.5, 0.6) is 0 Å². The van der Waals surface area contributed by atoms with E-state index in [1.54, 1.807) is 0 Å². The van der Waals surface area contributed by atoms with Crippen LogP contribution in [0, 0.1) is 33.8 Å². The smallest absolute Gasteiger partial charge is 0.0149 e. The predicted molar refractivity (Wildman–Crippen MR) is 69.7 cm³/mol. The van der Waals surface area contributed by atoms with Gasteiger partial charge in [-0.2, -0.15) is 0 Å². The summed E-state index contributed by atoms with van der Waals surface area (Å²) in [6, 6.07) is 14.2. The minimum absolute atomic E-state index is 1.20. The summed E-state index contributed by atoms with van der Waals surface area (Å²) in [6.07, 6.45) is 0. The van der Waals surface area contributed by atoms with Gasteiger partial charge in [0.1, 0.15) is 0 Å². The van der Waals surface area contributed by atoms with Gasteiger partial charge in [-0.05, 0) is 61.6 Å². The maximum absolute atomic E-state index is 3.24. The number of hydrogen-bond acceptors (Lipinski definition) is 0. The predicted octanol–water partition coefficient (Wildman–Crippen LogP) is 4.39. The zero-order valence-corrected chi connectivity index (χ0v) is 10.4. The summed E-state index contributed by atoms with van der Waals surface area (Å²) < 4.78 is 0. The van der Waals surface area contributed by atoms with Crippen LogP contribution in [0.25, 0.3) is 11.1 Å². The third-order valence-corrected chi connectivity index (χ3v) is 2.99. The van der Waals surface area contributed by atoms with Crippen LogP contribution >= 0.6 is 0 Å². The van der Waals surface area contributed by atoms with Crippen molar-refractivity contribution in [1.29, 1.82) is 0 Å². The molecule has 2 rings (SSSR count). The van der Waals surface area contributed by atoms with Crippen molar-refractivity contribution in [3.05, 3.63) is 58.7 Å². The molecule has 16 heavy (non-hydrogen) atoms. The van der Waals surface area contributed by atoms with E-state index in [-0.39, 0.29) is 0 Å². The minimum Gasteiger partial charge on any atom is -0.0590 e. The van der Waals surface area contributed by atoms with Crippen molar-refractivity contribution in [3.8, 4) is 11.1 Å². The Hall–Kier alpha value is -1.56. The Bertz CT molecular complexity index is 472. The molecule has 0 spiro atoms. The minimum atomic E-state index is 1.20. The van der Waals surface area contributed by atoms with E-state index in [4.69, 9.17) is 0 Å². The first-order valence-electron chi connectivity index (χ1n) is 5.64. The molecule has 0 atom stereocenters. The fourth-order valence-electron chi connectivity index (χ4n) is 1.99. The van der Waals surface area contributed by atoms with Gasteiger partial charge < -0.3 is 0 Å². The number of rotatable bonds is 1. The third-order valence-electron chi connectivity index (χ3n) is 2.99. The van der Waals surface area contributed by atoms with E-state index >= 15 is 0 Å². The molecule has 0 amide bonds. The molecule has 2 aromatic rings. The van der Waals surface area contributed by atoms with Gasteiger partial charge in [-0.15, -0.1) is 0 Å². The van der Waals surface area contributed by atoms with Crippen LogP contribution in [0.2, 0.25) is 0 Å². The molecular weight excluding hydrogens is 192 g/mol. The highest BCUT2D eigenvalue weighted by molar-refractivity contribution is 5.71. The topological polar surface area (TPSA) is 0 Å². The lowest BCUT2D eigenvalue weighted by Crippen LogP contribution is -1.89. The molecular formula is C16H17. The Kier molecular flexibility index (Phi) is 2.82. The summed E-state index contributed by atoms with van der Waals surface area (Å²) in [5, 5.41) is 0. The average Bonchev–Trinajstić information content (AvgIpc) is 2.25. The first kappa shape index (κ1) is 10.9. The average molecular weight is 209 g/mol. The molecule has 0 unspecified atom stereocenters. The highest BCUT2D eigenvalue weighted by atomic mass is 14.1. The van der Waals surface area contributed by atoms with Crippen LogP contribution in [0.1, 0.15) is 22.3 Å². The number of aryl methyl sites for hydroxylation is 4. The van der Waals surface area contributed by atoms with Gasteiger partial charge in [0.05, 0.1) is 0 Å². The standard InChI is InChI=1S/C16H17/c1-11-5-7-13(3)15(9-11)16-10-12(2)6-8-14(16)4/h5,7-10H,1-4H3. The van der Waals surface area contributed by atoms with Crippen molar-refractivity contribution in [2.75, 3.05) is 0 Å². The zero-order valence-electron chi connectivity index (χ0n) is 10.4. The molecule has 0 aliphatic rings. The molecule has 2 aromatic carbocycles. The van der Waals surface area contributed by atoms with Gasteiger partial charge in [-0.1, -0.05) is 35.9 Å². The maximum atomic E-state index is 3.24. The van der Waals surface area contributed by atoms with Crippen molar-refractivity contribution < 1.29 is 0 Å². The first-order valence-corrected chi connectivity index (χ1v) is 5.64. The zero-order chi connectivity index (χ0) is 11.7. The normalized spacial score (nSPS) is 10.5. The highest BCUT2D eigenvalue weighted by Crippen LogP contribution is 2.28. The molecule has 0 N–H and O–H groups in total. The van der Waals surface area contributed by atoms with Crippen molar-refractivity contribution >= 4 is 0 Å². The Morgan fingerprint density at radius 2 is 1.50 bits per heavy atom. The summed E-state index contributed by atoms with van der Waals surface area (Å²) in [5.74, 6) is 0. The van der Waals surface area contributed by atoms with Gasteiger partial charge in [0, 0.05) is 0 Å². The van der Waals surface area contributed by atoms with Crippen LogP contribution in [0.15, 0.2) is 30.3 Å². The van der Waals surface area contributed by atoms with Gasteiger partial charge in [-0.25, -0.2) is 0 Å². The molecule has 0 heterocycles. The molecule has 0 aromatic heterocycles. The molecule has 0 saturated heterocycles. The Morgan fingerprint density at radius 3 is 2.25 bits per heavy atom. The fraction of sp³-hybridized carbons (Fsp3) is 0.250. The van der Waals surface area contributed by atoms with Crippen LogP contribution < -0.4 is 0 Å². The van der Waals surface area contributed by atoms with Crippen LogP contribution in [-0.4, -0.2) is 0 Å². The van der Waals surface area contributed by atoms with Gasteiger partial charge >= 0.3 is 0 Å². The summed E-state index contributed by atoms with van der Waals surface area (Å²) in [5.41, 5.74) is 7.80. The SMILES string of the molecule is Cc1[c]cc(C)c(-c2cc(C)ccc2C)c1. The Morgan fingerprint density at radius 1 is 0.812 bits per heavy atom. The molecule has 0 fully saturated rings. The molecule has 81 valence electrons. The fourth-order valence-corrected chi connectivity index (χ4v) is 1.99. The van der Waals surface area contributed by atoms with Crippen LogP contribution in [0.4, 0.5) is 0 Å². The molecule has 0 nitrogen and oxygen atoms in total. The van der Waals surface area contributed by atoms with Gasteiger partial charge in [0.15, 0.2) is 0 Å². The van der Waals surface area contributed by atoms with Crippen molar-refractivity contribution in [3.63, 3.8) is 0 Å². The van der Waals surface area contributed by atoms with Gasteiger partial charge in [0.25, 0.3) is 0 Å². The number of hydrogen-bond donors (Lipinski definition) is 0. The van der Waals surface area contributed by atoms with E-state index in [0.29, 0.717) is 0 Å². The Labute approximate surface area is 97.9 Å². The van der Waals surface area contributed by atoms with Crippen LogP contribution in [-0.2, 0) is 0 Å². The van der Waals surface area contributed by atoms with E-state index in [9.17, 15) is 0 Å². The second-order valence-electron chi connectivity index (χ2n) is 4.53. The summed E-state index contributed by atoms with van der Waals surface area (Å²) in [7, 11) is 0. The lowest BCUT2D eigenvalue weighted by Gasteiger charge is -2.11. The van der Waals surface area contributed by atoms with E-state index in [1.165, 1.54) is 33.4 Å². The monoisotopic (exact) mass is 209 g/mol. The van der Waals surface area contributed by atoms with Gasteiger partial charge in [0.2, 0.25) is 0 Å². The highest BCUT2D eigenvalue weighted by Gasteiger charge is 2.05. The second kappa shape index (κ2) is 4.13. The molecule has 0 aliphatic carbocycles.